The van der Waals surface area contributed by atoms with Crippen LogP contribution in [-0.2, 0) is 11.2 Å². The third-order valence-electron chi connectivity index (χ3n) is 5.16. The number of amides is 1. The van der Waals surface area contributed by atoms with Crippen molar-refractivity contribution < 1.29 is 14.1 Å². The fourth-order valence-electron chi connectivity index (χ4n) is 3.48. The van der Waals surface area contributed by atoms with Crippen LogP contribution in [0.4, 0.5) is 0 Å². The summed E-state index contributed by atoms with van der Waals surface area (Å²) in [5.41, 5.74) is 2.54. The molecule has 0 atom stereocenters. The second-order valence-electron chi connectivity index (χ2n) is 7.29. The Labute approximate surface area is 151 Å². The zero-order valence-electron chi connectivity index (χ0n) is 15.3. The fourth-order valence-corrected chi connectivity index (χ4v) is 3.48. The lowest BCUT2D eigenvalue weighted by Gasteiger charge is -2.39. The SMILES string of the molecule is Cc1noc(C)c1CC(=O)N1CC(Oc2cc(C)n(C3CC3)c(=O)c2)C1. The van der Waals surface area contributed by atoms with Crippen LogP contribution in [0.1, 0.15) is 41.6 Å². The Balaban J connectivity index is 1.34. The Kier molecular flexibility index (Phi) is 4.09. The van der Waals surface area contributed by atoms with Crippen molar-refractivity contribution in [3.63, 3.8) is 0 Å². The van der Waals surface area contributed by atoms with E-state index >= 15 is 0 Å². The average molecular weight is 357 g/mol. The van der Waals surface area contributed by atoms with E-state index in [9.17, 15) is 9.59 Å². The van der Waals surface area contributed by atoms with Gasteiger partial charge in [0.05, 0.1) is 25.2 Å². The molecule has 3 heterocycles. The number of nitrogens with zero attached hydrogens (tertiary/aromatic N) is 3. The number of pyridine rings is 1. The van der Waals surface area contributed by atoms with E-state index in [2.05, 4.69) is 5.16 Å². The summed E-state index contributed by atoms with van der Waals surface area (Å²) in [5, 5.41) is 3.88. The first kappa shape index (κ1) is 16.9. The highest BCUT2D eigenvalue weighted by Crippen LogP contribution is 2.35. The standard InChI is InChI=1S/C19H23N3O4/c1-11-6-15(7-19(24)22(11)14-4-5-14)25-16-9-21(10-16)18(23)8-17-12(2)20-26-13(17)3/h6-7,14,16H,4-5,8-10H2,1-3H3. The summed E-state index contributed by atoms with van der Waals surface area (Å²) in [6, 6.07) is 3.82. The van der Waals surface area contributed by atoms with Crippen molar-refractivity contribution in [1.82, 2.24) is 14.6 Å². The molecule has 1 aliphatic heterocycles. The molecule has 7 nitrogen and oxygen atoms in total. The Morgan fingerprint density at radius 3 is 2.58 bits per heavy atom. The van der Waals surface area contributed by atoms with Gasteiger partial charge in [-0.15, -0.1) is 0 Å². The van der Waals surface area contributed by atoms with E-state index in [4.69, 9.17) is 9.26 Å². The third kappa shape index (κ3) is 3.13. The van der Waals surface area contributed by atoms with Gasteiger partial charge in [-0.05, 0) is 39.7 Å². The van der Waals surface area contributed by atoms with Crippen LogP contribution in [-0.4, -0.2) is 39.7 Å². The molecule has 7 heteroatoms. The zero-order valence-corrected chi connectivity index (χ0v) is 15.3. The highest BCUT2D eigenvalue weighted by Gasteiger charge is 2.33. The maximum atomic E-state index is 12.4. The van der Waals surface area contributed by atoms with Crippen LogP contribution in [0.5, 0.6) is 5.75 Å². The monoisotopic (exact) mass is 357 g/mol. The van der Waals surface area contributed by atoms with E-state index in [1.54, 1.807) is 11.0 Å². The van der Waals surface area contributed by atoms with E-state index in [-0.39, 0.29) is 17.6 Å². The van der Waals surface area contributed by atoms with Crippen molar-refractivity contribution >= 4 is 5.91 Å². The van der Waals surface area contributed by atoms with E-state index in [1.165, 1.54) is 0 Å². The predicted molar refractivity (Wildman–Crippen MR) is 94.4 cm³/mol. The molecule has 2 aliphatic rings. The van der Waals surface area contributed by atoms with Gasteiger partial charge in [-0.3, -0.25) is 9.59 Å². The number of carbonyl (C=O) groups excluding carboxylic acids is 1. The summed E-state index contributed by atoms with van der Waals surface area (Å²) in [7, 11) is 0. The second-order valence-corrected chi connectivity index (χ2v) is 7.29. The Morgan fingerprint density at radius 2 is 2.00 bits per heavy atom. The summed E-state index contributed by atoms with van der Waals surface area (Å²) >= 11 is 0. The molecule has 2 fully saturated rings. The number of hydrogen-bond donors (Lipinski definition) is 0. The molecule has 0 aromatic carbocycles. The summed E-state index contributed by atoms with van der Waals surface area (Å²) in [5.74, 6) is 1.32. The van der Waals surface area contributed by atoms with Gasteiger partial charge in [0.2, 0.25) is 5.91 Å². The molecule has 138 valence electrons. The smallest absolute Gasteiger partial charge is 0.254 e. The van der Waals surface area contributed by atoms with Crippen molar-refractivity contribution in [2.45, 2.75) is 52.2 Å². The quantitative estimate of drug-likeness (QED) is 0.817. The molecule has 0 bridgehead atoms. The first-order valence-corrected chi connectivity index (χ1v) is 9.01. The number of carbonyl (C=O) groups is 1. The number of aromatic nitrogens is 2. The van der Waals surface area contributed by atoms with Gasteiger partial charge >= 0.3 is 0 Å². The Bertz CT molecular complexity index is 884. The van der Waals surface area contributed by atoms with Crippen LogP contribution >= 0.6 is 0 Å². The Morgan fingerprint density at radius 1 is 1.27 bits per heavy atom. The van der Waals surface area contributed by atoms with Crippen LogP contribution in [0.3, 0.4) is 0 Å². The Hall–Kier alpha value is -2.57. The largest absolute Gasteiger partial charge is 0.486 e. The second kappa shape index (κ2) is 6.30. The molecule has 26 heavy (non-hydrogen) atoms. The first-order chi connectivity index (χ1) is 12.4. The summed E-state index contributed by atoms with van der Waals surface area (Å²) in [6.07, 6.45) is 2.38. The number of hydrogen-bond acceptors (Lipinski definition) is 5. The van der Waals surface area contributed by atoms with Crippen molar-refractivity contribution in [3.8, 4) is 5.75 Å². The van der Waals surface area contributed by atoms with Gasteiger partial charge in [-0.1, -0.05) is 5.16 Å². The van der Waals surface area contributed by atoms with Crippen LogP contribution in [0, 0.1) is 20.8 Å². The lowest BCUT2D eigenvalue weighted by Crippen LogP contribution is -2.56. The highest BCUT2D eigenvalue weighted by molar-refractivity contribution is 5.80. The minimum atomic E-state index is -0.0702. The van der Waals surface area contributed by atoms with Gasteiger partial charge in [0.15, 0.2) is 0 Å². The molecule has 0 spiro atoms. The number of ether oxygens (including phenoxy) is 1. The normalized spacial score (nSPS) is 17.3. The molecule has 1 amide bonds. The van der Waals surface area contributed by atoms with Crippen molar-refractivity contribution in [1.29, 1.82) is 0 Å². The minimum absolute atomic E-state index is 0.00633. The van der Waals surface area contributed by atoms with Crippen molar-refractivity contribution in [3.05, 3.63) is 45.2 Å². The van der Waals surface area contributed by atoms with Crippen LogP contribution in [0.15, 0.2) is 21.5 Å². The number of aryl methyl sites for hydroxylation is 3. The van der Waals surface area contributed by atoms with Gasteiger partial charge in [0, 0.05) is 23.4 Å². The summed E-state index contributed by atoms with van der Waals surface area (Å²) in [4.78, 5) is 26.4. The molecule has 0 radical (unpaired) electrons. The van der Waals surface area contributed by atoms with Gasteiger partial charge in [-0.25, -0.2) is 0 Å². The average Bonchev–Trinajstić information content (AvgIpc) is 3.32. The molecule has 1 aliphatic carbocycles. The topological polar surface area (TPSA) is 77.6 Å². The molecule has 0 unspecified atom stereocenters. The number of rotatable bonds is 5. The predicted octanol–water partition coefficient (Wildman–Crippen LogP) is 1.93. The minimum Gasteiger partial charge on any atom is -0.486 e. The van der Waals surface area contributed by atoms with E-state index in [0.29, 0.717) is 37.1 Å². The molecule has 2 aromatic rings. The lowest BCUT2D eigenvalue weighted by atomic mass is 10.1. The molecule has 2 aromatic heterocycles. The lowest BCUT2D eigenvalue weighted by molar-refractivity contribution is -0.139. The number of likely N-dealkylation sites (tertiary alicyclic amines) is 1. The van der Waals surface area contributed by atoms with E-state index in [0.717, 1.165) is 29.8 Å². The van der Waals surface area contributed by atoms with Crippen LogP contribution in [0.2, 0.25) is 0 Å². The summed E-state index contributed by atoms with van der Waals surface area (Å²) < 4.78 is 12.8. The molecule has 1 saturated carbocycles. The highest BCUT2D eigenvalue weighted by atomic mass is 16.5. The third-order valence-corrected chi connectivity index (χ3v) is 5.16. The van der Waals surface area contributed by atoms with Gasteiger partial charge in [-0.2, -0.15) is 0 Å². The van der Waals surface area contributed by atoms with E-state index in [1.807, 2.05) is 31.4 Å². The van der Waals surface area contributed by atoms with Gasteiger partial charge < -0.3 is 18.7 Å². The summed E-state index contributed by atoms with van der Waals surface area (Å²) in [6.45, 7) is 6.66. The van der Waals surface area contributed by atoms with Crippen molar-refractivity contribution in [2.75, 3.05) is 13.1 Å². The van der Waals surface area contributed by atoms with Crippen molar-refractivity contribution in [2.24, 2.45) is 0 Å². The zero-order chi connectivity index (χ0) is 18.4. The molecule has 0 N–H and O–H groups in total. The molecular formula is C19H23N3O4. The van der Waals surface area contributed by atoms with E-state index < -0.39 is 0 Å². The van der Waals surface area contributed by atoms with Gasteiger partial charge in [0.25, 0.3) is 5.56 Å². The first-order valence-electron chi connectivity index (χ1n) is 9.01. The molecule has 1 saturated heterocycles. The van der Waals surface area contributed by atoms with Crippen LogP contribution in [0.25, 0.3) is 0 Å². The van der Waals surface area contributed by atoms with Crippen LogP contribution < -0.4 is 10.3 Å². The molecular weight excluding hydrogens is 334 g/mol. The van der Waals surface area contributed by atoms with Gasteiger partial charge in [0.1, 0.15) is 17.6 Å². The maximum absolute atomic E-state index is 12.4. The fraction of sp³-hybridized carbons (Fsp3) is 0.526. The maximum Gasteiger partial charge on any atom is 0.254 e. The molecule has 4 rings (SSSR count).